The Morgan fingerprint density at radius 2 is 2.10 bits per heavy atom. The van der Waals surface area contributed by atoms with Gasteiger partial charge in [0.1, 0.15) is 12.4 Å². The first-order chi connectivity index (χ1) is 9.90. The Labute approximate surface area is 121 Å². The van der Waals surface area contributed by atoms with Gasteiger partial charge in [-0.15, -0.1) is 0 Å². The highest BCUT2D eigenvalue weighted by atomic mass is 16.5. The summed E-state index contributed by atoms with van der Waals surface area (Å²) in [7, 11) is 0. The quantitative estimate of drug-likeness (QED) is 0.578. The summed E-state index contributed by atoms with van der Waals surface area (Å²) in [5, 5.41) is 3.48. The third kappa shape index (κ3) is 4.96. The molecule has 0 spiro atoms. The second-order valence-corrected chi connectivity index (χ2v) is 4.84. The second-order valence-electron chi connectivity index (χ2n) is 4.84. The summed E-state index contributed by atoms with van der Waals surface area (Å²) in [6, 6.07) is 8.14. The zero-order valence-electron chi connectivity index (χ0n) is 12.0. The largest absolute Gasteiger partial charge is 0.489 e. The van der Waals surface area contributed by atoms with Crippen molar-refractivity contribution in [3.8, 4) is 5.75 Å². The molecule has 0 atom stereocenters. The predicted molar refractivity (Wildman–Crippen MR) is 81.1 cm³/mol. The minimum Gasteiger partial charge on any atom is -0.489 e. The second kappa shape index (κ2) is 8.74. The lowest BCUT2D eigenvalue weighted by Crippen LogP contribution is -2.40. The molecule has 0 bridgehead atoms. The van der Waals surface area contributed by atoms with Crippen molar-refractivity contribution in [3.63, 3.8) is 0 Å². The number of ether oxygens (including phenoxy) is 2. The van der Waals surface area contributed by atoms with Crippen LogP contribution < -0.4 is 10.1 Å². The van der Waals surface area contributed by atoms with E-state index in [1.54, 1.807) is 6.08 Å². The minimum atomic E-state index is 0.546. The average molecular weight is 276 g/mol. The molecular formula is C16H24N2O2. The fourth-order valence-corrected chi connectivity index (χ4v) is 2.22. The van der Waals surface area contributed by atoms with Crippen LogP contribution in [0.25, 0.3) is 0 Å². The zero-order chi connectivity index (χ0) is 14.0. The van der Waals surface area contributed by atoms with E-state index in [2.05, 4.69) is 22.9 Å². The van der Waals surface area contributed by atoms with Gasteiger partial charge in [-0.2, -0.15) is 0 Å². The summed E-state index contributed by atoms with van der Waals surface area (Å²) in [5.41, 5.74) is 1.19. The van der Waals surface area contributed by atoms with E-state index in [9.17, 15) is 0 Å². The maximum Gasteiger partial charge on any atom is 0.124 e. The lowest BCUT2D eigenvalue weighted by atomic mass is 10.2. The van der Waals surface area contributed by atoms with E-state index in [0.29, 0.717) is 6.61 Å². The van der Waals surface area contributed by atoms with E-state index in [0.717, 1.165) is 51.7 Å². The van der Waals surface area contributed by atoms with Gasteiger partial charge in [0.2, 0.25) is 0 Å². The van der Waals surface area contributed by atoms with Crippen LogP contribution in [0, 0.1) is 0 Å². The van der Waals surface area contributed by atoms with Crippen LogP contribution in [0.1, 0.15) is 5.56 Å². The van der Waals surface area contributed by atoms with Gasteiger partial charge in [0, 0.05) is 38.3 Å². The first-order valence-electron chi connectivity index (χ1n) is 7.22. The molecule has 1 fully saturated rings. The highest BCUT2D eigenvalue weighted by Crippen LogP contribution is 2.17. The number of nitrogens with zero attached hydrogens (tertiary/aromatic N) is 1. The van der Waals surface area contributed by atoms with Gasteiger partial charge >= 0.3 is 0 Å². The van der Waals surface area contributed by atoms with Gasteiger partial charge in [-0.05, 0) is 6.07 Å². The van der Waals surface area contributed by atoms with Gasteiger partial charge < -0.3 is 14.8 Å². The molecule has 1 aliphatic rings. The number of rotatable bonds is 8. The fraction of sp³-hybridized carbons (Fsp3) is 0.500. The first kappa shape index (κ1) is 15.0. The highest BCUT2D eigenvalue weighted by Gasteiger charge is 2.09. The van der Waals surface area contributed by atoms with Gasteiger partial charge in [-0.1, -0.05) is 30.9 Å². The molecule has 1 aliphatic heterocycles. The van der Waals surface area contributed by atoms with E-state index >= 15 is 0 Å². The molecule has 1 saturated heterocycles. The van der Waals surface area contributed by atoms with Gasteiger partial charge in [-0.3, -0.25) is 4.90 Å². The van der Waals surface area contributed by atoms with Crippen molar-refractivity contribution in [2.45, 2.75) is 6.54 Å². The van der Waals surface area contributed by atoms with E-state index < -0.39 is 0 Å². The molecule has 0 amide bonds. The molecule has 110 valence electrons. The van der Waals surface area contributed by atoms with E-state index in [4.69, 9.17) is 9.47 Å². The van der Waals surface area contributed by atoms with Crippen LogP contribution in [0.3, 0.4) is 0 Å². The fourth-order valence-electron chi connectivity index (χ4n) is 2.22. The third-order valence-corrected chi connectivity index (χ3v) is 3.35. The van der Waals surface area contributed by atoms with Crippen LogP contribution in [0.2, 0.25) is 0 Å². The van der Waals surface area contributed by atoms with Crippen LogP contribution in [-0.2, 0) is 11.3 Å². The lowest BCUT2D eigenvalue weighted by Gasteiger charge is -2.26. The van der Waals surface area contributed by atoms with Crippen molar-refractivity contribution >= 4 is 0 Å². The number of nitrogens with one attached hydrogen (secondary N) is 1. The Balaban J connectivity index is 1.71. The SMILES string of the molecule is C=CCOc1ccccc1CNCCN1CCOCC1. The molecule has 1 heterocycles. The molecule has 20 heavy (non-hydrogen) atoms. The monoisotopic (exact) mass is 276 g/mol. The molecule has 4 heteroatoms. The smallest absolute Gasteiger partial charge is 0.124 e. The summed E-state index contributed by atoms with van der Waals surface area (Å²) in [4.78, 5) is 2.43. The maximum absolute atomic E-state index is 5.65. The number of benzene rings is 1. The van der Waals surface area contributed by atoms with Crippen molar-refractivity contribution in [2.75, 3.05) is 46.0 Å². The topological polar surface area (TPSA) is 33.7 Å². The molecule has 1 aromatic rings. The molecule has 0 aromatic heterocycles. The van der Waals surface area contributed by atoms with Crippen molar-refractivity contribution in [1.82, 2.24) is 10.2 Å². The third-order valence-electron chi connectivity index (χ3n) is 3.35. The van der Waals surface area contributed by atoms with Gasteiger partial charge in [0.05, 0.1) is 13.2 Å². The molecule has 2 rings (SSSR count). The van der Waals surface area contributed by atoms with Crippen LogP contribution in [0.5, 0.6) is 5.75 Å². The molecule has 1 aromatic carbocycles. The van der Waals surface area contributed by atoms with Crippen molar-refractivity contribution in [3.05, 3.63) is 42.5 Å². The molecule has 0 radical (unpaired) electrons. The van der Waals surface area contributed by atoms with E-state index in [-0.39, 0.29) is 0 Å². The Kier molecular flexibility index (Phi) is 6.57. The number of hydrogen-bond donors (Lipinski definition) is 1. The summed E-state index contributed by atoms with van der Waals surface area (Å²) < 4.78 is 11.0. The van der Waals surface area contributed by atoms with E-state index in [1.807, 2.05) is 18.2 Å². The van der Waals surface area contributed by atoms with Crippen LogP contribution in [0.15, 0.2) is 36.9 Å². The maximum atomic E-state index is 5.65. The van der Waals surface area contributed by atoms with Crippen molar-refractivity contribution < 1.29 is 9.47 Å². The van der Waals surface area contributed by atoms with Crippen LogP contribution >= 0.6 is 0 Å². The van der Waals surface area contributed by atoms with Crippen LogP contribution in [-0.4, -0.2) is 50.9 Å². The summed E-state index contributed by atoms with van der Waals surface area (Å²) in [6.45, 7) is 10.9. The number of hydrogen-bond acceptors (Lipinski definition) is 4. The van der Waals surface area contributed by atoms with Crippen molar-refractivity contribution in [2.24, 2.45) is 0 Å². The average Bonchev–Trinajstić information content (AvgIpc) is 2.51. The summed E-state index contributed by atoms with van der Waals surface area (Å²) in [5.74, 6) is 0.936. The molecule has 0 unspecified atom stereocenters. The Morgan fingerprint density at radius 3 is 2.90 bits per heavy atom. The molecule has 0 saturated carbocycles. The van der Waals surface area contributed by atoms with Gasteiger partial charge in [0.15, 0.2) is 0 Å². The molecule has 0 aliphatic carbocycles. The lowest BCUT2D eigenvalue weighted by molar-refractivity contribution is 0.0384. The molecule has 1 N–H and O–H groups in total. The summed E-state index contributed by atoms with van der Waals surface area (Å²) in [6.07, 6.45) is 1.77. The highest BCUT2D eigenvalue weighted by molar-refractivity contribution is 5.33. The number of para-hydroxylation sites is 1. The zero-order valence-corrected chi connectivity index (χ0v) is 12.0. The summed E-state index contributed by atoms with van der Waals surface area (Å²) >= 11 is 0. The van der Waals surface area contributed by atoms with Gasteiger partial charge in [-0.25, -0.2) is 0 Å². The minimum absolute atomic E-state index is 0.546. The molecular weight excluding hydrogens is 252 g/mol. The predicted octanol–water partition coefficient (Wildman–Crippen LogP) is 1.67. The number of morpholine rings is 1. The van der Waals surface area contributed by atoms with Crippen LogP contribution in [0.4, 0.5) is 0 Å². The molecule has 4 nitrogen and oxygen atoms in total. The Hall–Kier alpha value is -1.36. The standard InChI is InChI=1S/C16H24N2O2/c1-2-11-20-16-6-4-3-5-15(16)14-17-7-8-18-9-12-19-13-10-18/h2-6,17H,1,7-14H2. The van der Waals surface area contributed by atoms with Gasteiger partial charge in [0.25, 0.3) is 0 Å². The van der Waals surface area contributed by atoms with Crippen molar-refractivity contribution in [1.29, 1.82) is 0 Å². The Bertz CT molecular complexity index is 403. The normalized spacial score (nSPS) is 16.0. The van der Waals surface area contributed by atoms with E-state index in [1.165, 1.54) is 5.56 Å². The first-order valence-corrected chi connectivity index (χ1v) is 7.22. The Morgan fingerprint density at radius 1 is 1.30 bits per heavy atom.